The normalized spacial score (nSPS) is 26.3. The van der Waals surface area contributed by atoms with E-state index in [1.54, 1.807) is 0 Å². The molecule has 3 rings (SSSR count). The molecule has 1 aromatic rings. The van der Waals surface area contributed by atoms with Gasteiger partial charge in [0.05, 0.1) is 18.0 Å². The molecule has 1 fully saturated rings. The number of fused-ring (bicyclic) bond motifs is 2. The van der Waals surface area contributed by atoms with Gasteiger partial charge in [-0.1, -0.05) is 11.5 Å². The summed E-state index contributed by atoms with van der Waals surface area (Å²) in [5.41, 5.74) is 2.44. The van der Waals surface area contributed by atoms with Crippen LogP contribution in [0, 0.1) is 17.8 Å². The second-order valence-corrected chi connectivity index (χ2v) is 6.55. The minimum atomic E-state index is -0.262. The number of carbonyl (C=O) groups is 1. The zero-order valence-corrected chi connectivity index (χ0v) is 13.5. The zero-order chi connectivity index (χ0) is 15.5. The van der Waals surface area contributed by atoms with Crippen molar-refractivity contribution in [3.63, 3.8) is 0 Å². The lowest BCUT2D eigenvalue weighted by molar-refractivity contribution is 0.137. The average Bonchev–Trinajstić information content (AvgIpc) is 3.02. The van der Waals surface area contributed by atoms with E-state index in [-0.39, 0.29) is 6.09 Å². The van der Waals surface area contributed by atoms with Crippen LogP contribution in [0.1, 0.15) is 30.7 Å². The van der Waals surface area contributed by atoms with Gasteiger partial charge >= 0.3 is 6.09 Å². The van der Waals surface area contributed by atoms with Crippen molar-refractivity contribution in [2.45, 2.75) is 38.4 Å². The minimum absolute atomic E-state index is 0.262. The summed E-state index contributed by atoms with van der Waals surface area (Å²) in [4.78, 5) is 11.6. The van der Waals surface area contributed by atoms with Crippen molar-refractivity contribution in [1.82, 2.24) is 20.3 Å². The molecule has 3 atom stereocenters. The van der Waals surface area contributed by atoms with Crippen LogP contribution in [0.5, 0.6) is 0 Å². The topological polar surface area (TPSA) is 69.0 Å². The first kappa shape index (κ1) is 15.4. The third-order valence-electron chi connectivity index (χ3n) is 5.17. The molecule has 1 N–H and O–H groups in total. The summed E-state index contributed by atoms with van der Waals surface area (Å²) in [7, 11) is 4.08. The molecule has 1 aromatic heterocycles. The number of rotatable bonds is 5. The highest BCUT2D eigenvalue weighted by Gasteiger charge is 2.50. The maximum Gasteiger partial charge on any atom is 0.407 e. The van der Waals surface area contributed by atoms with Gasteiger partial charge in [-0.15, -0.1) is 5.10 Å². The van der Waals surface area contributed by atoms with Gasteiger partial charge in [-0.3, -0.25) is 4.68 Å². The molecular weight excluding hydrogens is 279 g/mol. The van der Waals surface area contributed by atoms with Crippen LogP contribution in [-0.4, -0.2) is 42.1 Å². The first-order chi connectivity index (χ1) is 10.7. The lowest BCUT2D eigenvalue weighted by Crippen LogP contribution is -2.26. The molecular formula is C15H25BN4O2. The molecule has 0 aromatic carbocycles. The Bertz CT molecular complexity index is 534. The molecule has 22 heavy (non-hydrogen) atoms. The van der Waals surface area contributed by atoms with E-state index in [9.17, 15) is 4.79 Å². The van der Waals surface area contributed by atoms with E-state index in [2.05, 4.69) is 23.5 Å². The molecule has 0 bridgehead atoms. The summed E-state index contributed by atoms with van der Waals surface area (Å²) in [6, 6.07) is 0. The van der Waals surface area contributed by atoms with E-state index >= 15 is 0 Å². The first-order valence-electron chi connectivity index (χ1n) is 8.48. The molecule has 0 radical (unpaired) electrons. The largest absolute Gasteiger partial charge is 0.449 e. The lowest BCUT2D eigenvalue weighted by atomic mass is 10.0. The third kappa shape index (κ3) is 3.28. The number of aromatic nitrogens is 3. The number of carbonyl (C=O) groups excluding carboxylic acids is 1. The van der Waals surface area contributed by atoms with E-state index in [1.165, 1.54) is 5.69 Å². The maximum absolute atomic E-state index is 11.6. The maximum atomic E-state index is 11.6. The van der Waals surface area contributed by atoms with Crippen LogP contribution < -0.4 is 5.32 Å². The fraction of sp³-hybridized carbons (Fsp3) is 0.800. The molecule has 2 aliphatic carbocycles. The number of aryl methyl sites for hydroxylation is 2. The van der Waals surface area contributed by atoms with Crippen LogP contribution in [0.2, 0.25) is 6.32 Å². The highest BCUT2D eigenvalue weighted by atomic mass is 16.5. The second-order valence-electron chi connectivity index (χ2n) is 6.55. The Morgan fingerprint density at radius 1 is 1.41 bits per heavy atom. The first-order valence-corrected chi connectivity index (χ1v) is 8.48. The molecule has 0 spiro atoms. The fourth-order valence-electron chi connectivity index (χ4n) is 3.74. The molecule has 2 aliphatic rings. The third-order valence-corrected chi connectivity index (χ3v) is 5.17. The fourth-order valence-corrected chi connectivity index (χ4v) is 3.74. The van der Waals surface area contributed by atoms with Crippen LogP contribution in [0.25, 0.3) is 0 Å². The van der Waals surface area contributed by atoms with Crippen molar-refractivity contribution in [2.75, 3.05) is 13.2 Å². The summed E-state index contributed by atoms with van der Waals surface area (Å²) in [5.74, 6) is 1.93. The molecule has 1 amide bonds. The van der Waals surface area contributed by atoms with Crippen molar-refractivity contribution in [1.29, 1.82) is 0 Å². The van der Waals surface area contributed by atoms with Gasteiger partial charge in [0.2, 0.25) is 0 Å². The Kier molecular flexibility index (Phi) is 4.69. The van der Waals surface area contributed by atoms with Gasteiger partial charge in [0, 0.05) is 13.6 Å². The zero-order valence-electron chi connectivity index (χ0n) is 13.5. The number of alkyl carbamates (subject to hydrolysis) is 1. The Morgan fingerprint density at radius 3 is 2.95 bits per heavy atom. The quantitative estimate of drug-likeness (QED) is 0.643. The highest BCUT2D eigenvalue weighted by molar-refractivity contribution is 6.08. The van der Waals surface area contributed by atoms with E-state index in [0.717, 1.165) is 44.1 Å². The van der Waals surface area contributed by atoms with E-state index in [0.29, 0.717) is 30.9 Å². The summed E-state index contributed by atoms with van der Waals surface area (Å²) in [6.45, 7) is 1.27. The van der Waals surface area contributed by atoms with Crippen LogP contribution in [0.3, 0.4) is 0 Å². The van der Waals surface area contributed by atoms with Crippen molar-refractivity contribution >= 4 is 13.9 Å². The number of nitrogens with one attached hydrogen (secondary N) is 1. The molecule has 0 aliphatic heterocycles. The number of nitrogens with zero attached hydrogens (tertiary/aromatic N) is 3. The van der Waals surface area contributed by atoms with E-state index in [4.69, 9.17) is 4.74 Å². The summed E-state index contributed by atoms with van der Waals surface area (Å²) < 4.78 is 7.29. The molecule has 120 valence electrons. The Hall–Kier alpha value is -1.53. The molecule has 6 nitrogen and oxygen atoms in total. The monoisotopic (exact) mass is 304 g/mol. The van der Waals surface area contributed by atoms with Crippen LogP contribution in [0.4, 0.5) is 4.79 Å². The van der Waals surface area contributed by atoms with E-state index < -0.39 is 0 Å². The van der Waals surface area contributed by atoms with Crippen LogP contribution in [-0.2, 0) is 24.6 Å². The molecule has 1 saturated carbocycles. The van der Waals surface area contributed by atoms with Crippen molar-refractivity contribution in [3.05, 3.63) is 11.4 Å². The summed E-state index contributed by atoms with van der Waals surface area (Å²) in [6.07, 6.45) is 6.16. The van der Waals surface area contributed by atoms with Crippen LogP contribution in [0.15, 0.2) is 0 Å². The number of hydrogen-bond donors (Lipinski definition) is 1. The Balaban J connectivity index is 1.44. The predicted molar refractivity (Wildman–Crippen MR) is 85.4 cm³/mol. The molecule has 0 saturated heterocycles. The highest BCUT2D eigenvalue weighted by Crippen LogP contribution is 2.52. The smallest absolute Gasteiger partial charge is 0.407 e. The minimum Gasteiger partial charge on any atom is -0.449 e. The second kappa shape index (κ2) is 6.71. The van der Waals surface area contributed by atoms with Gasteiger partial charge in [-0.05, 0) is 49.9 Å². The summed E-state index contributed by atoms with van der Waals surface area (Å²) in [5, 5.41) is 11.2. The summed E-state index contributed by atoms with van der Waals surface area (Å²) >= 11 is 0. The lowest BCUT2D eigenvalue weighted by Gasteiger charge is -2.07. The molecule has 1 heterocycles. The average molecular weight is 304 g/mol. The van der Waals surface area contributed by atoms with Crippen molar-refractivity contribution in [3.8, 4) is 0 Å². The Labute approximate surface area is 132 Å². The van der Waals surface area contributed by atoms with Gasteiger partial charge in [0.1, 0.15) is 7.85 Å². The van der Waals surface area contributed by atoms with Gasteiger partial charge in [-0.25, -0.2) is 4.79 Å². The van der Waals surface area contributed by atoms with Gasteiger partial charge in [0.25, 0.3) is 0 Å². The van der Waals surface area contributed by atoms with Crippen molar-refractivity contribution < 1.29 is 9.53 Å². The van der Waals surface area contributed by atoms with Gasteiger partial charge in [0.15, 0.2) is 0 Å². The number of amides is 1. The predicted octanol–water partition coefficient (Wildman–Crippen LogP) is 0.724. The number of hydrogen-bond acceptors (Lipinski definition) is 4. The molecule has 7 heteroatoms. The van der Waals surface area contributed by atoms with Crippen molar-refractivity contribution in [2.24, 2.45) is 24.8 Å². The van der Waals surface area contributed by atoms with Gasteiger partial charge in [-0.2, -0.15) is 0 Å². The van der Waals surface area contributed by atoms with E-state index in [1.807, 2.05) is 11.7 Å². The standard InChI is InChI=1S/C15H25BN4O2/c1-20-14-6-4-11-10(3-5-13(14)18-19-20)12(11)9-22-15(21)17-8-2-7-16/h10-12H,2-9,16H2,1H3,(H,17,21). The van der Waals surface area contributed by atoms with Gasteiger partial charge < -0.3 is 10.1 Å². The number of ether oxygens (including phenoxy) is 1. The Morgan fingerprint density at radius 2 is 2.18 bits per heavy atom. The molecule has 3 unspecified atom stereocenters. The SMILES string of the molecule is BCCCNC(=O)OCC1C2CCc3nnn(C)c3CCC21. The van der Waals surface area contributed by atoms with Crippen LogP contribution >= 0.6 is 0 Å².